The predicted molar refractivity (Wildman–Crippen MR) is 58.3 cm³/mol. The lowest BCUT2D eigenvalue weighted by molar-refractivity contribution is 0.0711. The minimum Gasteiger partial charge on any atom is -0.288 e. The monoisotopic (exact) mass is 239 g/mol. The number of aryl methyl sites for hydroxylation is 1. The highest BCUT2D eigenvalue weighted by Gasteiger charge is 2.13. The highest BCUT2D eigenvalue weighted by Crippen LogP contribution is 2.31. The molecule has 2 aromatic heterocycles. The van der Waals surface area contributed by atoms with Crippen LogP contribution >= 0.6 is 22.7 Å². The first-order chi connectivity index (χ1) is 7.22. The van der Waals surface area contributed by atoms with Gasteiger partial charge in [-0.15, -0.1) is 22.7 Å². The van der Waals surface area contributed by atoms with Crippen molar-refractivity contribution in [1.29, 1.82) is 0 Å². The van der Waals surface area contributed by atoms with Gasteiger partial charge in [-0.3, -0.25) is 10.0 Å². The lowest BCUT2D eigenvalue weighted by Crippen LogP contribution is -2.16. The molecule has 6 heteroatoms. The van der Waals surface area contributed by atoms with Gasteiger partial charge in [0.25, 0.3) is 5.91 Å². The minimum absolute atomic E-state index is 0.470. The van der Waals surface area contributed by atoms with E-state index >= 15 is 0 Å². The summed E-state index contributed by atoms with van der Waals surface area (Å²) in [6.45, 7) is 1.90. The summed E-state index contributed by atoms with van der Waals surface area (Å²) >= 11 is 2.69. The van der Waals surface area contributed by atoms with E-state index in [4.69, 9.17) is 5.21 Å². The molecule has 0 aromatic carbocycles. The molecule has 0 aliphatic carbocycles. The van der Waals surface area contributed by atoms with Crippen LogP contribution in [-0.2, 0) is 0 Å². The Bertz CT molecular complexity index is 476. The number of rotatable bonds is 2. The molecule has 2 aromatic rings. The molecule has 0 saturated heterocycles. The molecule has 77 valence electrons. The quantitative estimate of drug-likeness (QED) is 0.623. The molecule has 2 N–H and O–H groups in total. The van der Waals surface area contributed by atoms with Crippen molar-refractivity contribution >= 4 is 28.6 Å². The van der Waals surface area contributed by atoms with Crippen molar-refractivity contribution < 1.29 is 10.0 Å². The van der Waals surface area contributed by atoms with Crippen molar-refractivity contribution in [3.63, 3.8) is 0 Å². The van der Waals surface area contributed by atoms with Crippen molar-refractivity contribution in [3.8, 4) is 10.6 Å². The minimum atomic E-state index is -0.492. The molecule has 1 radical (unpaired) electrons. The van der Waals surface area contributed by atoms with Crippen LogP contribution in [0.3, 0.4) is 0 Å². The predicted octanol–water partition coefficient (Wildman–Crippen LogP) is 2.10. The first-order valence-electron chi connectivity index (χ1n) is 4.09. The van der Waals surface area contributed by atoms with Gasteiger partial charge in [0.15, 0.2) is 5.51 Å². The van der Waals surface area contributed by atoms with E-state index in [0.29, 0.717) is 4.88 Å². The summed E-state index contributed by atoms with van der Waals surface area (Å²) in [4.78, 5) is 16.6. The van der Waals surface area contributed by atoms with Crippen molar-refractivity contribution in [1.82, 2.24) is 10.5 Å². The summed E-state index contributed by atoms with van der Waals surface area (Å²) in [7, 11) is 0. The van der Waals surface area contributed by atoms with E-state index in [1.807, 2.05) is 12.3 Å². The van der Waals surface area contributed by atoms with Crippen LogP contribution in [0.5, 0.6) is 0 Å². The zero-order chi connectivity index (χ0) is 10.8. The molecule has 0 aliphatic heterocycles. The topological polar surface area (TPSA) is 62.2 Å². The SMILES string of the molecule is Cc1cc(C(=O)NO)sc1-c1cs[c]n1. The largest absolute Gasteiger partial charge is 0.288 e. The molecular weight excluding hydrogens is 232 g/mol. The Morgan fingerprint density at radius 2 is 2.47 bits per heavy atom. The smallest absolute Gasteiger partial charge is 0.284 e. The number of carbonyl (C=O) groups is 1. The van der Waals surface area contributed by atoms with Crippen LogP contribution in [-0.4, -0.2) is 16.1 Å². The Kier molecular flexibility index (Phi) is 2.81. The Morgan fingerprint density at radius 1 is 1.67 bits per heavy atom. The van der Waals surface area contributed by atoms with Crippen LogP contribution in [0, 0.1) is 12.4 Å². The molecule has 0 fully saturated rings. The van der Waals surface area contributed by atoms with Gasteiger partial charge in [0, 0.05) is 5.38 Å². The second kappa shape index (κ2) is 4.09. The van der Waals surface area contributed by atoms with Crippen LogP contribution in [0.15, 0.2) is 11.4 Å². The van der Waals surface area contributed by atoms with Crippen LogP contribution in [0.1, 0.15) is 15.2 Å². The Balaban J connectivity index is 2.42. The van der Waals surface area contributed by atoms with Crippen molar-refractivity contribution in [3.05, 3.63) is 27.4 Å². The van der Waals surface area contributed by atoms with Gasteiger partial charge in [0.05, 0.1) is 15.4 Å². The van der Waals surface area contributed by atoms with Crippen molar-refractivity contribution in [2.24, 2.45) is 0 Å². The summed E-state index contributed by atoms with van der Waals surface area (Å²) in [5, 5.41) is 10.4. The normalized spacial score (nSPS) is 10.3. The van der Waals surface area contributed by atoms with E-state index in [1.54, 1.807) is 11.5 Å². The number of hydrogen-bond acceptors (Lipinski definition) is 5. The number of amides is 1. The van der Waals surface area contributed by atoms with E-state index in [9.17, 15) is 4.79 Å². The average Bonchev–Trinajstić information content (AvgIpc) is 2.84. The summed E-state index contributed by atoms with van der Waals surface area (Å²) in [5.74, 6) is -0.492. The number of hydrogen-bond donors (Lipinski definition) is 2. The molecule has 0 aliphatic rings. The molecule has 0 spiro atoms. The molecule has 0 bridgehead atoms. The first kappa shape index (κ1) is 10.3. The molecule has 2 rings (SSSR count). The number of carbonyl (C=O) groups excluding carboxylic acids is 1. The summed E-state index contributed by atoms with van der Waals surface area (Å²) in [5.41, 5.74) is 6.16. The van der Waals surface area contributed by atoms with E-state index in [1.165, 1.54) is 22.7 Å². The highest BCUT2D eigenvalue weighted by molar-refractivity contribution is 7.18. The maximum atomic E-state index is 11.2. The van der Waals surface area contributed by atoms with Crippen molar-refractivity contribution in [2.75, 3.05) is 0 Å². The molecule has 15 heavy (non-hydrogen) atoms. The number of hydroxylamine groups is 1. The van der Waals surface area contributed by atoms with Gasteiger partial charge < -0.3 is 0 Å². The van der Waals surface area contributed by atoms with E-state index < -0.39 is 5.91 Å². The Hall–Kier alpha value is -1.24. The number of thiophene rings is 1. The second-order valence-corrected chi connectivity index (χ2v) is 4.59. The fraction of sp³-hybridized carbons (Fsp3) is 0.111. The number of aromatic nitrogens is 1. The fourth-order valence-electron chi connectivity index (χ4n) is 1.19. The van der Waals surface area contributed by atoms with Crippen LogP contribution < -0.4 is 5.48 Å². The fourth-order valence-corrected chi connectivity index (χ4v) is 2.78. The molecule has 2 heterocycles. The maximum Gasteiger partial charge on any atom is 0.284 e. The van der Waals surface area contributed by atoms with Gasteiger partial charge in [-0.2, -0.15) is 0 Å². The zero-order valence-electron chi connectivity index (χ0n) is 7.77. The summed E-state index contributed by atoms with van der Waals surface area (Å²) < 4.78 is 0. The van der Waals surface area contributed by atoms with Crippen molar-refractivity contribution in [2.45, 2.75) is 6.92 Å². The molecule has 0 saturated carbocycles. The Morgan fingerprint density at radius 3 is 3.07 bits per heavy atom. The highest BCUT2D eigenvalue weighted by atomic mass is 32.1. The number of nitrogens with zero attached hydrogens (tertiary/aromatic N) is 1. The lowest BCUT2D eigenvalue weighted by Gasteiger charge is -1.91. The first-order valence-corrected chi connectivity index (χ1v) is 5.79. The molecule has 1 amide bonds. The third kappa shape index (κ3) is 1.92. The van der Waals surface area contributed by atoms with E-state index in [-0.39, 0.29) is 0 Å². The van der Waals surface area contributed by atoms with Crippen LogP contribution in [0.2, 0.25) is 0 Å². The van der Waals surface area contributed by atoms with Gasteiger partial charge >= 0.3 is 0 Å². The maximum absolute atomic E-state index is 11.2. The summed E-state index contributed by atoms with van der Waals surface area (Å²) in [6.07, 6.45) is 0. The van der Waals surface area contributed by atoms with Gasteiger partial charge in [0.2, 0.25) is 0 Å². The average molecular weight is 239 g/mol. The second-order valence-electron chi connectivity index (χ2n) is 2.89. The molecule has 0 unspecified atom stereocenters. The van der Waals surface area contributed by atoms with Crippen LogP contribution in [0.25, 0.3) is 10.6 Å². The van der Waals surface area contributed by atoms with E-state index in [2.05, 4.69) is 10.5 Å². The van der Waals surface area contributed by atoms with E-state index in [0.717, 1.165) is 16.1 Å². The third-order valence-corrected chi connectivity index (χ3v) is 3.66. The molecular formula is C9H7N2O2S2. The number of thiazole rings is 1. The van der Waals surface area contributed by atoms with Crippen LogP contribution in [0.4, 0.5) is 0 Å². The van der Waals surface area contributed by atoms with Gasteiger partial charge in [-0.05, 0) is 18.6 Å². The lowest BCUT2D eigenvalue weighted by atomic mass is 10.2. The zero-order valence-corrected chi connectivity index (χ0v) is 9.41. The van der Waals surface area contributed by atoms with Gasteiger partial charge in [-0.25, -0.2) is 10.5 Å². The summed E-state index contributed by atoms with van der Waals surface area (Å²) in [6, 6.07) is 1.73. The van der Waals surface area contributed by atoms with Gasteiger partial charge in [0.1, 0.15) is 0 Å². The molecule has 0 atom stereocenters. The standard InChI is InChI=1S/C9H7N2O2S2/c1-5-2-7(9(12)11-13)15-8(5)6-3-14-4-10-6/h2-3,13H,1H3,(H,11,12). The number of nitrogens with one attached hydrogen (secondary N) is 1. The Labute approximate surface area is 94.2 Å². The molecule has 4 nitrogen and oxygen atoms in total. The third-order valence-electron chi connectivity index (χ3n) is 1.87. The van der Waals surface area contributed by atoms with Gasteiger partial charge in [-0.1, -0.05) is 0 Å².